The van der Waals surface area contributed by atoms with E-state index in [9.17, 15) is 0 Å². The zero-order valence-electron chi connectivity index (χ0n) is 8.33. The van der Waals surface area contributed by atoms with Crippen molar-refractivity contribution >= 4 is 0 Å². The van der Waals surface area contributed by atoms with Crippen LogP contribution < -0.4 is 5.32 Å². The summed E-state index contributed by atoms with van der Waals surface area (Å²) >= 11 is 0. The monoisotopic (exact) mass is 179 g/mol. The topological polar surface area (TPSA) is 37.8 Å². The minimum atomic E-state index is 0.644. The van der Waals surface area contributed by atoms with E-state index in [-0.39, 0.29) is 0 Å². The van der Waals surface area contributed by atoms with E-state index in [1.807, 2.05) is 12.4 Å². The van der Waals surface area contributed by atoms with Crippen LogP contribution in [-0.4, -0.2) is 23.1 Å². The molecule has 0 spiro atoms. The van der Waals surface area contributed by atoms with Crippen LogP contribution in [0.15, 0.2) is 18.7 Å². The molecule has 1 aromatic rings. The van der Waals surface area contributed by atoms with Gasteiger partial charge in [-0.1, -0.05) is 13.8 Å². The van der Waals surface area contributed by atoms with Gasteiger partial charge < -0.3 is 5.32 Å². The molecular formula is C10H17N3. The predicted octanol–water partition coefficient (Wildman–Crippen LogP) is 1.26. The summed E-state index contributed by atoms with van der Waals surface area (Å²) in [4.78, 5) is 7.97. The molecule has 0 aromatic carbocycles. The first kappa shape index (κ1) is 10.1. The first-order valence-corrected chi connectivity index (χ1v) is 4.77. The van der Waals surface area contributed by atoms with Crippen LogP contribution in [0.25, 0.3) is 0 Å². The van der Waals surface area contributed by atoms with Gasteiger partial charge in [0.1, 0.15) is 6.33 Å². The van der Waals surface area contributed by atoms with E-state index < -0.39 is 0 Å². The SMILES string of the molecule is CCNCC(C)Cc1cncnc1. The van der Waals surface area contributed by atoms with Gasteiger partial charge in [0.2, 0.25) is 0 Å². The van der Waals surface area contributed by atoms with Crippen LogP contribution >= 0.6 is 0 Å². The molecule has 1 heterocycles. The van der Waals surface area contributed by atoms with Gasteiger partial charge in [0, 0.05) is 12.4 Å². The predicted molar refractivity (Wildman–Crippen MR) is 53.4 cm³/mol. The van der Waals surface area contributed by atoms with Crippen LogP contribution in [0.1, 0.15) is 19.4 Å². The molecule has 0 bridgehead atoms. The van der Waals surface area contributed by atoms with Crippen LogP contribution in [0.3, 0.4) is 0 Å². The molecule has 0 fully saturated rings. The molecule has 1 atom stereocenters. The van der Waals surface area contributed by atoms with Crippen molar-refractivity contribution in [1.82, 2.24) is 15.3 Å². The third kappa shape index (κ3) is 3.99. The van der Waals surface area contributed by atoms with E-state index in [1.165, 1.54) is 5.56 Å². The summed E-state index contributed by atoms with van der Waals surface area (Å²) in [5, 5.41) is 3.33. The lowest BCUT2D eigenvalue weighted by Gasteiger charge is -2.10. The second kappa shape index (κ2) is 5.65. The molecule has 0 aliphatic rings. The molecule has 0 saturated heterocycles. The molecule has 0 saturated carbocycles. The number of nitrogens with one attached hydrogen (secondary N) is 1. The lowest BCUT2D eigenvalue weighted by atomic mass is 10.0. The number of hydrogen-bond donors (Lipinski definition) is 1. The van der Waals surface area contributed by atoms with E-state index in [2.05, 4.69) is 29.1 Å². The van der Waals surface area contributed by atoms with E-state index in [1.54, 1.807) is 6.33 Å². The van der Waals surface area contributed by atoms with Crippen LogP contribution in [-0.2, 0) is 6.42 Å². The molecule has 0 aliphatic carbocycles. The normalized spacial score (nSPS) is 12.8. The molecule has 1 aromatic heterocycles. The Labute approximate surface area is 79.6 Å². The molecule has 0 amide bonds. The van der Waals surface area contributed by atoms with E-state index >= 15 is 0 Å². The van der Waals surface area contributed by atoms with Crippen molar-refractivity contribution in [3.05, 3.63) is 24.3 Å². The Bertz CT molecular complexity index is 223. The average Bonchev–Trinajstić information content (AvgIpc) is 2.16. The van der Waals surface area contributed by atoms with Gasteiger partial charge in [-0.05, 0) is 31.0 Å². The Hall–Kier alpha value is -0.960. The molecule has 13 heavy (non-hydrogen) atoms. The fraction of sp³-hybridized carbons (Fsp3) is 0.600. The maximum atomic E-state index is 3.99. The minimum Gasteiger partial charge on any atom is -0.317 e. The average molecular weight is 179 g/mol. The molecule has 3 heteroatoms. The van der Waals surface area contributed by atoms with Gasteiger partial charge >= 0.3 is 0 Å². The highest BCUT2D eigenvalue weighted by atomic mass is 14.8. The van der Waals surface area contributed by atoms with Crippen LogP contribution in [0.2, 0.25) is 0 Å². The molecule has 0 aliphatic heterocycles. The first-order valence-electron chi connectivity index (χ1n) is 4.77. The lowest BCUT2D eigenvalue weighted by molar-refractivity contribution is 0.520. The Morgan fingerprint density at radius 2 is 2.08 bits per heavy atom. The smallest absolute Gasteiger partial charge is 0.115 e. The number of nitrogens with zero attached hydrogens (tertiary/aromatic N) is 2. The minimum absolute atomic E-state index is 0.644. The highest BCUT2D eigenvalue weighted by Crippen LogP contribution is 2.04. The van der Waals surface area contributed by atoms with Gasteiger partial charge in [0.05, 0.1) is 0 Å². The van der Waals surface area contributed by atoms with Gasteiger partial charge in [-0.15, -0.1) is 0 Å². The molecule has 0 radical (unpaired) electrons. The zero-order valence-corrected chi connectivity index (χ0v) is 8.33. The maximum Gasteiger partial charge on any atom is 0.115 e. The van der Waals surface area contributed by atoms with Crippen molar-refractivity contribution in [3.8, 4) is 0 Å². The quantitative estimate of drug-likeness (QED) is 0.739. The van der Waals surface area contributed by atoms with Gasteiger partial charge in [-0.3, -0.25) is 0 Å². The fourth-order valence-electron chi connectivity index (χ4n) is 1.30. The van der Waals surface area contributed by atoms with Crippen molar-refractivity contribution in [1.29, 1.82) is 0 Å². The zero-order chi connectivity index (χ0) is 9.52. The van der Waals surface area contributed by atoms with Crippen LogP contribution in [0.5, 0.6) is 0 Å². The Kier molecular flexibility index (Phi) is 4.40. The van der Waals surface area contributed by atoms with Crippen LogP contribution in [0, 0.1) is 5.92 Å². The summed E-state index contributed by atoms with van der Waals surface area (Å²) in [6.07, 6.45) is 6.39. The summed E-state index contributed by atoms with van der Waals surface area (Å²) in [5.41, 5.74) is 1.22. The molecule has 3 nitrogen and oxygen atoms in total. The van der Waals surface area contributed by atoms with E-state index in [0.29, 0.717) is 5.92 Å². The molecular weight excluding hydrogens is 162 g/mol. The summed E-state index contributed by atoms with van der Waals surface area (Å²) < 4.78 is 0. The van der Waals surface area contributed by atoms with Gasteiger partial charge in [0.25, 0.3) is 0 Å². The number of aromatic nitrogens is 2. The number of hydrogen-bond acceptors (Lipinski definition) is 3. The maximum absolute atomic E-state index is 3.99. The van der Waals surface area contributed by atoms with Gasteiger partial charge in [0.15, 0.2) is 0 Å². The lowest BCUT2D eigenvalue weighted by Crippen LogP contribution is -2.21. The van der Waals surface area contributed by atoms with E-state index in [4.69, 9.17) is 0 Å². The highest BCUT2D eigenvalue weighted by Gasteiger charge is 2.02. The van der Waals surface area contributed by atoms with Crippen molar-refractivity contribution in [2.75, 3.05) is 13.1 Å². The van der Waals surface area contributed by atoms with Crippen molar-refractivity contribution in [2.24, 2.45) is 5.92 Å². The van der Waals surface area contributed by atoms with Crippen molar-refractivity contribution in [3.63, 3.8) is 0 Å². The van der Waals surface area contributed by atoms with Crippen LogP contribution in [0.4, 0.5) is 0 Å². The largest absolute Gasteiger partial charge is 0.317 e. The first-order chi connectivity index (χ1) is 6.33. The van der Waals surface area contributed by atoms with Crippen molar-refractivity contribution in [2.45, 2.75) is 20.3 Å². The highest BCUT2D eigenvalue weighted by molar-refractivity contribution is 5.03. The van der Waals surface area contributed by atoms with Gasteiger partial charge in [-0.25, -0.2) is 9.97 Å². The Balaban J connectivity index is 2.32. The Morgan fingerprint density at radius 3 is 2.69 bits per heavy atom. The van der Waals surface area contributed by atoms with Crippen molar-refractivity contribution < 1.29 is 0 Å². The molecule has 1 N–H and O–H groups in total. The standard InChI is InChI=1S/C10H17N3/c1-3-11-5-9(2)4-10-6-12-8-13-7-10/h6-9,11H,3-5H2,1-2H3. The summed E-state index contributed by atoms with van der Waals surface area (Å²) in [5.74, 6) is 0.644. The fourth-order valence-corrected chi connectivity index (χ4v) is 1.30. The Morgan fingerprint density at radius 1 is 1.38 bits per heavy atom. The summed E-state index contributed by atoms with van der Waals surface area (Å²) in [6.45, 7) is 6.45. The summed E-state index contributed by atoms with van der Waals surface area (Å²) in [7, 11) is 0. The third-order valence-corrected chi connectivity index (χ3v) is 1.94. The molecule has 1 unspecified atom stereocenters. The van der Waals surface area contributed by atoms with E-state index in [0.717, 1.165) is 19.5 Å². The summed E-state index contributed by atoms with van der Waals surface area (Å²) in [6, 6.07) is 0. The third-order valence-electron chi connectivity index (χ3n) is 1.94. The second-order valence-electron chi connectivity index (χ2n) is 3.36. The molecule has 1 rings (SSSR count). The van der Waals surface area contributed by atoms with Gasteiger partial charge in [-0.2, -0.15) is 0 Å². The number of rotatable bonds is 5. The second-order valence-corrected chi connectivity index (χ2v) is 3.36. The molecule has 72 valence electrons.